The molecular weight excluding hydrogens is 266 g/mol. The van der Waals surface area contributed by atoms with Gasteiger partial charge in [0.05, 0.1) is 11.2 Å². The Labute approximate surface area is 124 Å². The van der Waals surface area contributed by atoms with Crippen molar-refractivity contribution >= 4 is 11.6 Å². The first kappa shape index (κ1) is 15.2. The molecule has 0 aliphatic rings. The van der Waals surface area contributed by atoms with E-state index in [-0.39, 0.29) is 5.91 Å². The van der Waals surface area contributed by atoms with Gasteiger partial charge in [0.1, 0.15) is 5.82 Å². The summed E-state index contributed by atoms with van der Waals surface area (Å²) >= 11 is 0. The molecule has 1 amide bonds. The fourth-order valence-electron chi connectivity index (χ4n) is 2.19. The summed E-state index contributed by atoms with van der Waals surface area (Å²) in [5, 5.41) is 2.88. The van der Waals surface area contributed by atoms with E-state index in [4.69, 9.17) is 5.73 Å². The minimum atomic E-state index is -0.897. The number of nitrogens with zero attached hydrogens (tertiary/aromatic N) is 3. The summed E-state index contributed by atoms with van der Waals surface area (Å²) in [5.74, 6) is 1.22. The van der Waals surface area contributed by atoms with Crippen molar-refractivity contribution in [3.05, 3.63) is 36.5 Å². The van der Waals surface area contributed by atoms with E-state index >= 15 is 0 Å². The molecule has 0 bridgehead atoms. The molecule has 0 spiro atoms. The lowest BCUT2D eigenvalue weighted by Gasteiger charge is -2.23. The molecule has 6 nitrogen and oxygen atoms in total. The van der Waals surface area contributed by atoms with Gasteiger partial charge in [0.25, 0.3) is 0 Å². The molecule has 0 saturated heterocycles. The lowest BCUT2D eigenvalue weighted by atomic mass is 9.96. The third-order valence-corrected chi connectivity index (χ3v) is 3.38. The van der Waals surface area contributed by atoms with E-state index in [9.17, 15) is 4.79 Å². The van der Waals surface area contributed by atoms with E-state index < -0.39 is 5.54 Å². The first-order valence-electron chi connectivity index (χ1n) is 7.01. The normalized spacial score (nSPS) is 13.7. The summed E-state index contributed by atoms with van der Waals surface area (Å²) < 4.78 is 1.82. The molecule has 0 radical (unpaired) electrons. The van der Waals surface area contributed by atoms with Gasteiger partial charge in [0.2, 0.25) is 5.91 Å². The second kappa shape index (κ2) is 6.05. The van der Waals surface area contributed by atoms with Gasteiger partial charge in [-0.15, -0.1) is 0 Å². The fraction of sp³-hybridized carbons (Fsp3) is 0.400. The first-order valence-corrected chi connectivity index (χ1v) is 7.01. The van der Waals surface area contributed by atoms with Crippen LogP contribution in [0, 0.1) is 6.92 Å². The van der Waals surface area contributed by atoms with Gasteiger partial charge >= 0.3 is 0 Å². The molecule has 112 valence electrons. The number of nitrogens with one attached hydrogen (secondary N) is 1. The molecule has 2 aromatic heterocycles. The van der Waals surface area contributed by atoms with Gasteiger partial charge in [0, 0.05) is 18.6 Å². The summed E-state index contributed by atoms with van der Waals surface area (Å²) in [6.45, 7) is 5.62. The molecule has 0 aliphatic heterocycles. The van der Waals surface area contributed by atoms with Crippen molar-refractivity contribution in [1.29, 1.82) is 0 Å². The van der Waals surface area contributed by atoms with Crippen LogP contribution in [0.15, 0.2) is 30.7 Å². The van der Waals surface area contributed by atoms with Crippen LogP contribution in [0.25, 0.3) is 5.82 Å². The second-order valence-corrected chi connectivity index (χ2v) is 5.34. The molecule has 21 heavy (non-hydrogen) atoms. The van der Waals surface area contributed by atoms with E-state index in [1.54, 1.807) is 31.6 Å². The minimum absolute atomic E-state index is 0.212. The number of carbonyl (C=O) groups is 1. The number of hydrogen-bond acceptors (Lipinski definition) is 4. The molecule has 0 aliphatic carbocycles. The minimum Gasteiger partial charge on any atom is -0.321 e. The van der Waals surface area contributed by atoms with Gasteiger partial charge in [-0.25, -0.2) is 9.97 Å². The number of rotatable bonds is 5. The highest BCUT2D eigenvalue weighted by Gasteiger charge is 2.28. The maximum Gasteiger partial charge on any atom is 0.244 e. The average molecular weight is 287 g/mol. The van der Waals surface area contributed by atoms with Gasteiger partial charge < -0.3 is 11.1 Å². The van der Waals surface area contributed by atoms with Gasteiger partial charge in [-0.1, -0.05) is 13.3 Å². The third-order valence-electron chi connectivity index (χ3n) is 3.38. The standard InChI is InChI=1S/C15H21N5O/c1-4-7-15(3,16)14(21)19-12-6-5-8-18-13(12)20-10-9-17-11(20)2/h5-6,8-10H,4,7,16H2,1-3H3,(H,19,21). The van der Waals surface area contributed by atoms with Crippen LogP contribution in [0.3, 0.4) is 0 Å². The molecule has 0 fully saturated rings. The van der Waals surface area contributed by atoms with Crippen molar-refractivity contribution in [1.82, 2.24) is 14.5 Å². The summed E-state index contributed by atoms with van der Waals surface area (Å²) in [6, 6.07) is 3.58. The van der Waals surface area contributed by atoms with Crippen LogP contribution in [0.2, 0.25) is 0 Å². The molecule has 2 rings (SSSR count). The zero-order valence-electron chi connectivity index (χ0n) is 12.6. The van der Waals surface area contributed by atoms with E-state index in [1.807, 2.05) is 24.5 Å². The monoisotopic (exact) mass is 287 g/mol. The van der Waals surface area contributed by atoms with Gasteiger partial charge in [-0.2, -0.15) is 0 Å². The Hall–Kier alpha value is -2.21. The van der Waals surface area contributed by atoms with Crippen molar-refractivity contribution in [2.24, 2.45) is 5.73 Å². The fourth-order valence-corrected chi connectivity index (χ4v) is 2.19. The lowest BCUT2D eigenvalue weighted by molar-refractivity contribution is -0.120. The number of aromatic nitrogens is 3. The Bertz CT molecular complexity index is 632. The lowest BCUT2D eigenvalue weighted by Crippen LogP contribution is -2.48. The van der Waals surface area contributed by atoms with Crippen LogP contribution in [-0.2, 0) is 4.79 Å². The topological polar surface area (TPSA) is 85.8 Å². The molecule has 0 saturated carbocycles. The predicted octanol–water partition coefficient (Wildman–Crippen LogP) is 2.03. The molecular formula is C15H21N5O. The highest BCUT2D eigenvalue weighted by molar-refractivity contribution is 5.98. The Balaban J connectivity index is 2.30. The number of aryl methyl sites for hydroxylation is 1. The van der Waals surface area contributed by atoms with Crippen LogP contribution >= 0.6 is 0 Å². The van der Waals surface area contributed by atoms with Crippen LogP contribution in [0.4, 0.5) is 5.69 Å². The Morgan fingerprint density at radius 1 is 1.43 bits per heavy atom. The first-order chi connectivity index (χ1) is 9.95. The van der Waals surface area contributed by atoms with Crippen molar-refractivity contribution in [2.45, 2.75) is 39.2 Å². The van der Waals surface area contributed by atoms with Gasteiger partial charge in [-0.05, 0) is 32.4 Å². The molecule has 2 aromatic rings. The van der Waals surface area contributed by atoms with Crippen molar-refractivity contribution in [2.75, 3.05) is 5.32 Å². The number of hydrogen-bond donors (Lipinski definition) is 2. The number of anilines is 1. The van der Waals surface area contributed by atoms with Crippen LogP contribution in [-0.4, -0.2) is 26.0 Å². The summed E-state index contributed by atoms with van der Waals surface area (Å²) in [7, 11) is 0. The number of pyridine rings is 1. The predicted molar refractivity (Wildman–Crippen MR) is 82.2 cm³/mol. The van der Waals surface area contributed by atoms with E-state index in [0.717, 1.165) is 12.2 Å². The quantitative estimate of drug-likeness (QED) is 0.881. The smallest absolute Gasteiger partial charge is 0.244 e. The molecule has 1 atom stereocenters. The largest absolute Gasteiger partial charge is 0.321 e. The summed E-state index contributed by atoms with van der Waals surface area (Å²) in [4.78, 5) is 20.8. The van der Waals surface area contributed by atoms with Crippen LogP contribution < -0.4 is 11.1 Å². The summed E-state index contributed by atoms with van der Waals surface area (Å²) in [5.41, 5.74) is 5.79. The molecule has 0 aromatic carbocycles. The Morgan fingerprint density at radius 3 is 2.81 bits per heavy atom. The zero-order chi connectivity index (χ0) is 15.5. The third kappa shape index (κ3) is 3.28. The van der Waals surface area contributed by atoms with E-state index in [1.165, 1.54) is 0 Å². The maximum absolute atomic E-state index is 12.3. The Kier molecular flexibility index (Phi) is 4.37. The number of nitrogens with two attached hydrogens (primary N) is 1. The summed E-state index contributed by atoms with van der Waals surface area (Å²) in [6.07, 6.45) is 6.65. The second-order valence-electron chi connectivity index (χ2n) is 5.34. The SMILES string of the molecule is CCCC(C)(N)C(=O)Nc1cccnc1-n1ccnc1C. The van der Waals surface area contributed by atoms with Gasteiger partial charge in [-0.3, -0.25) is 9.36 Å². The van der Waals surface area contributed by atoms with Gasteiger partial charge in [0.15, 0.2) is 5.82 Å². The molecule has 2 heterocycles. The van der Waals surface area contributed by atoms with Crippen molar-refractivity contribution in [3.63, 3.8) is 0 Å². The zero-order valence-corrected chi connectivity index (χ0v) is 12.6. The maximum atomic E-state index is 12.3. The molecule has 1 unspecified atom stereocenters. The number of amides is 1. The molecule has 6 heteroatoms. The average Bonchev–Trinajstić information content (AvgIpc) is 2.85. The Morgan fingerprint density at radius 2 is 2.19 bits per heavy atom. The number of imidazole rings is 1. The highest BCUT2D eigenvalue weighted by atomic mass is 16.2. The van der Waals surface area contributed by atoms with Crippen LogP contribution in [0.5, 0.6) is 0 Å². The molecule has 3 N–H and O–H groups in total. The van der Waals surface area contributed by atoms with E-state index in [0.29, 0.717) is 17.9 Å². The van der Waals surface area contributed by atoms with Crippen molar-refractivity contribution < 1.29 is 4.79 Å². The van der Waals surface area contributed by atoms with Crippen molar-refractivity contribution in [3.8, 4) is 5.82 Å². The highest BCUT2D eigenvalue weighted by Crippen LogP contribution is 2.20. The van der Waals surface area contributed by atoms with E-state index in [2.05, 4.69) is 15.3 Å². The van der Waals surface area contributed by atoms with Crippen LogP contribution in [0.1, 0.15) is 32.5 Å². The number of carbonyl (C=O) groups excluding carboxylic acids is 1.